The predicted octanol–water partition coefficient (Wildman–Crippen LogP) is 3.25. The van der Waals surface area contributed by atoms with Gasteiger partial charge in [0.1, 0.15) is 5.82 Å². The van der Waals surface area contributed by atoms with Gasteiger partial charge in [-0.1, -0.05) is 46.3 Å². The Bertz CT molecular complexity index is 458. The van der Waals surface area contributed by atoms with Crippen LogP contribution in [0.5, 0.6) is 0 Å². The van der Waals surface area contributed by atoms with Gasteiger partial charge in [0.25, 0.3) is 0 Å². The molecular formula is C12H14BrN3S. The number of anilines is 1. The Hall–Kier alpha value is -0.940. The van der Waals surface area contributed by atoms with Gasteiger partial charge < -0.3 is 4.90 Å². The molecule has 5 heteroatoms. The molecule has 1 aromatic carbocycles. The van der Waals surface area contributed by atoms with Gasteiger partial charge in [-0.2, -0.15) is 4.37 Å². The van der Waals surface area contributed by atoms with Crippen molar-refractivity contribution in [1.82, 2.24) is 9.36 Å². The van der Waals surface area contributed by atoms with E-state index in [9.17, 15) is 0 Å². The van der Waals surface area contributed by atoms with Crippen molar-refractivity contribution in [3.05, 3.63) is 41.7 Å². The van der Waals surface area contributed by atoms with Crippen LogP contribution >= 0.6 is 27.5 Å². The summed E-state index contributed by atoms with van der Waals surface area (Å²) in [4.78, 5) is 6.68. The van der Waals surface area contributed by atoms with Gasteiger partial charge in [0.05, 0.1) is 0 Å². The average molecular weight is 312 g/mol. The molecule has 0 amide bonds. The minimum absolute atomic E-state index is 0.845. The lowest BCUT2D eigenvalue weighted by molar-refractivity contribution is 0.831. The van der Waals surface area contributed by atoms with Crippen LogP contribution in [0.4, 0.5) is 5.13 Å². The number of aryl methyl sites for hydroxylation is 1. The van der Waals surface area contributed by atoms with Crippen LogP contribution in [0, 0.1) is 6.92 Å². The molecular weight excluding hydrogens is 298 g/mol. The zero-order valence-corrected chi connectivity index (χ0v) is 12.0. The Balaban J connectivity index is 2.13. The molecule has 0 bridgehead atoms. The first-order valence-corrected chi connectivity index (χ1v) is 7.34. The van der Waals surface area contributed by atoms with Crippen molar-refractivity contribution in [3.8, 4) is 0 Å². The highest BCUT2D eigenvalue weighted by molar-refractivity contribution is 9.09. The molecule has 0 saturated heterocycles. The standard InChI is InChI=1S/C12H14BrN3S/c1-10-14-12(17-15-10)16(8-7-13)9-11-5-3-2-4-6-11/h2-6H,7-9H2,1H3. The molecule has 90 valence electrons. The molecule has 0 radical (unpaired) electrons. The van der Waals surface area contributed by atoms with E-state index in [4.69, 9.17) is 0 Å². The lowest BCUT2D eigenvalue weighted by Crippen LogP contribution is -2.24. The minimum Gasteiger partial charge on any atom is -0.342 e. The topological polar surface area (TPSA) is 29.0 Å². The second kappa shape index (κ2) is 6.12. The minimum atomic E-state index is 0.845. The van der Waals surface area contributed by atoms with E-state index in [1.54, 1.807) is 0 Å². The number of hydrogen-bond donors (Lipinski definition) is 0. The summed E-state index contributed by atoms with van der Waals surface area (Å²) < 4.78 is 4.23. The Labute approximate surface area is 114 Å². The van der Waals surface area contributed by atoms with E-state index < -0.39 is 0 Å². The van der Waals surface area contributed by atoms with Gasteiger partial charge >= 0.3 is 0 Å². The fourth-order valence-electron chi connectivity index (χ4n) is 1.56. The third kappa shape index (κ3) is 3.51. The number of hydrogen-bond acceptors (Lipinski definition) is 4. The van der Waals surface area contributed by atoms with Crippen molar-refractivity contribution in [3.63, 3.8) is 0 Å². The maximum absolute atomic E-state index is 4.44. The van der Waals surface area contributed by atoms with E-state index in [-0.39, 0.29) is 0 Å². The first-order chi connectivity index (χ1) is 8.29. The lowest BCUT2D eigenvalue weighted by Gasteiger charge is -2.20. The van der Waals surface area contributed by atoms with Gasteiger partial charge in [-0.25, -0.2) is 4.98 Å². The van der Waals surface area contributed by atoms with Gasteiger partial charge in [0.2, 0.25) is 5.13 Å². The zero-order chi connectivity index (χ0) is 12.1. The van der Waals surface area contributed by atoms with Crippen molar-refractivity contribution in [2.45, 2.75) is 13.5 Å². The van der Waals surface area contributed by atoms with Crippen molar-refractivity contribution in [2.75, 3.05) is 16.8 Å². The molecule has 0 unspecified atom stereocenters. The SMILES string of the molecule is Cc1nsc(N(CCBr)Cc2ccccc2)n1. The molecule has 0 aliphatic rings. The van der Waals surface area contributed by atoms with Gasteiger partial charge in [-0.3, -0.25) is 0 Å². The van der Waals surface area contributed by atoms with Crippen LogP contribution in [-0.2, 0) is 6.54 Å². The second-order valence-electron chi connectivity index (χ2n) is 3.72. The molecule has 1 aromatic heterocycles. The molecule has 0 atom stereocenters. The van der Waals surface area contributed by atoms with Gasteiger partial charge in [-0.05, 0) is 12.5 Å². The van der Waals surface area contributed by atoms with Crippen LogP contribution in [-0.4, -0.2) is 21.2 Å². The molecule has 0 N–H and O–H groups in total. The molecule has 2 aromatic rings. The summed E-state index contributed by atoms with van der Waals surface area (Å²) in [6.07, 6.45) is 0. The predicted molar refractivity (Wildman–Crippen MR) is 75.9 cm³/mol. The quantitative estimate of drug-likeness (QED) is 0.794. The van der Waals surface area contributed by atoms with Crippen LogP contribution < -0.4 is 4.90 Å². The molecule has 0 aliphatic heterocycles. The Kier molecular flexibility index (Phi) is 4.50. The van der Waals surface area contributed by atoms with E-state index in [1.807, 2.05) is 13.0 Å². The zero-order valence-electron chi connectivity index (χ0n) is 9.64. The van der Waals surface area contributed by atoms with Crippen molar-refractivity contribution in [1.29, 1.82) is 0 Å². The monoisotopic (exact) mass is 311 g/mol. The summed E-state index contributed by atoms with van der Waals surface area (Å²) in [6.45, 7) is 3.74. The Morgan fingerprint density at radius 2 is 2.06 bits per heavy atom. The van der Waals surface area contributed by atoms with Crippen LogP contribution in [0.15, 0.2) is 30.3 Å². The molecule has 0 aliphatic carbocycles. The fourth-order valence-corrected chi connectivity index (χ4v) is 2.69. The number of nitrogens with zero attached hydrogens (tertiary/aromatic N) is 3. The number of halogens is 1. The Morgan fingerprint density at radius 3 is 2.65 bits per heavy atom. The normalized spacial score (nSPS) is 10.5. The van der Waals surface area contributed by atoms with E-state index >= 15 is 0 Å². The van der Waals surface area contributed by atoms with Gasteiger partial charge in [0, 0.05) is 30.0 Å². The van der Waals surface area contributed by atoms with Gasteiger partial charge in [0.15, 0.2) is 0 Å². The maximum Gasteiger partial charge on any atom is 0.205 e. The van der Waals surface area contributed by atoms with Crippen LogP contribution in [0.3, 0.4) is 0 Å². The molecule has 1 heterocycles. The summed E-state index contributed by atoms with van der Waals surface area (Å²) in [7, 11) is 0. The maximum atomic E-state index is 4.44. The number of aromatic nitrogens is 2. The summed E-state index contributed by atoms with van der Waals surface area (Å²) in [5, 5.41) is 1.92. The van der Waals surface area contributed by atoms with Crippen LogP contribution in [0.25, 0.3) is 0 Å². The van der Waals surface area contributed by atoms with Crippen molar-refractivity contribution >= 4 is 32.6 Å². The first-order valence-electron chi connectivity index (χ1n) is 5.45. The summed E-state index contributed by atoms with van der Waals surface area (Å²) in [5.41, 5.74) is 1.29. The van der Waals surface area contributed by atoms with Crippen molar-refractivity contribution < 1.29 is 0 Å². The average Bonchev–Trinajstić information content (AvgIpc) is 2.77. The van der Waals surface area contributed by atoms with Crippen LogP contribution in [0.2, 0.25) is 0 Å². The van der Waals surface area contributed by atoms with E-state index in [1.165, 1.54) is 17.1 Å². The first kappa shape index (κ1) is 12.5. The molecule has 0 fully saturated rings. The van der Waals surface area contributed by atoms with Crippen molar-refractivity contribution in [2.24, 2.45) is 0 Å². The molecule has 17 heavy (non-hydrogen) atoms. The number of alkyl halides is 1. The lowest BCUT2D eigenvalue weighted by atomic mass is 10.2. The molecule has 0 spiro atoms. The Morgan fingerprint density at radius 1 is 1.29 bits per heavy atom. The number of rotatable bonds is 5. The highest BCUT2D eigenvalue weighted by atomic mass is 79.9. The third-order valence-corrected chi connectivity index (χ3v) is 3.58. The fraction of sp³-hybridized carbons (Fsp3) is 0.333. The molecule has 0 saturated carbocycles. The largest absolute Gasteiger partial charge is 0.342 e. The summed E-state index contributed by atoms with van der Waals surface area (Å²) >= 11 is 4.94. The van der Waals surface area contributed by atoms with E-state index in [2.05, 4.69) is 54.5 Å². The number of benzene rings is 1. The summed E-state index contributed by atoms with van der Waals surface area (Å²) in [6, 6.07) is 10.4. The second-order valence-corrected chi connectivity index (χ2v) is 5.24. The van der Waals surface area contributed by atoms with E-state index in [0.29, 0.717) is 0 Å². The molecule has 3 nitrogen and oxygen atoms in total. The highest BCUT2D eigenvalue weighted by Crippen LogP contribution is 2.19. The summed E-state index contributed by atoms with van der Waals surface area (Å²) in [5.74, 6) is 0.845. The van der Waals surface area contributed by atoms with E-state index in [0.717, 1.165) is 29.4 Å². The van der Waals surface area contributed by atoms with Crippen LogP contribution in [0.1, 0.15) is 11.4 Å². The third-order valence-electron chi connectivity index (χ3n) is 2.36. The van der Waals surface area contributed by atoms with Gasteiger partial charge in [-0.15, -0.1) is 0 Å². The highest BCUT2D eigenvalue weighted by Gasteiger charge is 2.10. The smallest absolute Gasteiger partial charge is 0.205 e. The molecule has 2 rings (SSSR count).